The van der Waals surface area contributed by atoms with Crippen LogP contribution in [0, 0.1) is 6.92 Å². The van der Waals surface area contributed by atoms with Crippen molar-refractivity contribution in [3.8, 4) is 5.75 Å². The van der Waals surface area contributed by atoms with Gasteiger partial charge in [-0.2, -0.15) is 0 Å². The van der Waals surface area contributed by atoms with E-state index >= 15 is 0 Å². The zero-order chi connectivity index (χ0) is 17.5. The number of likely N-dealkylation sites (N-methyl/N-ethyl adjacent to an activating group) is 1. The number of carbonyl (C=O) groups is 1. The average Bonchev–Trinajstić information content (AvgIpc) is 2.53. The molecule has 0 saturated carbocycles. The van der Waals surface area contributed by atoms with Crippen molar-refractivity contribution in [3.05, 3.63) is 59.4 Å². The maximum Gasteiger partial charge on any atom is 0.255 e. The Labute approximate surface area is 143 Å². The van der Waals surface area contributed by atoms with E-state index < -0.39 is 5.91 Å². The fraction of sp³-hybridized carbons (Fsp3) is 0.368. The summed E-state index contributed by atoms with van der Waals surface area (Å²) in [4.78, 5) is 17.5. The lowest BCUT2D eigenvalue weighted by Gasteiger charge is -2.24. The van der Waals surface area contributed by atoms with E-state index in [1.54, 1.807) is 0 Å². The maximum atomic E-state index is 10.8. The van der Waals surface area contributed by atoms with Crippen LogP contribution in [0.4, 0.5) is 0 Å². The van der Waals surface area contributed by atoms with Crippen LogP contribution in [-0.4, -0.2) is 35.5 Å². The Hall–Kier alpha value is -2.40. The Kier molecular flexibility index (Phi) is 6.32. The molecule has 0 bridgehead atoms. The van der Waals surface area contributed by atoms with Crippen LogP contribution < -0.4 is 10.5 Å². The highest BCUT2D eigenvalue weighted by Crippen LogP contribution is 2.16. The Morgan fingerprint density at radius 2 is 2.12 bits per heavy atom. The van der Waals surface area contributed by atoms with Gasteiger partial charge in [-0.05, 0) is 56.3 Å². The number of primary amides is 1. The quantitative estimate of drug-likeness (QED) is 0.808. The lowest BCUT2D eigenvalue weighted by molar-refractivity contribution is -0.119. The predicted octanol–water partition coefficient (Wildman–Crippen LogP) is 2.32. The minimum absolute atomic E-state index is 0.102. The summed E-state index contributed by atoms with van der Waals surface area (Å²) in [5.74, 6) is 0.185. The number of hydrogen-bond acceptors (Lipinski definition) is 4. The number of hydrogen-bond donors (Lipinski definition) is 1. The normalized spacial score (nSPS) is 12.2. The first-order chi connectivity index (χ1) is 11.4. The van der Waals surface area contributed by atoms with Crippen molar-refractivity contribution >= 4 is 5.91 Å². The van der Waals surface area contributed by atoms with Gasteiger partial charge in [-0.15, -0.1) is 0 Å². The van der Waals surface area contributed by atoms with Crippen molar-refractivity contribution < 1.29 is 9.53 Å². The van der Waals surface area contributed by atoms with Crippen LogP contribution in [0.5, 0.6) is 5.75 Å². The van der Waals surface area contributed by atoms with E-state index in [2.05, 4.69) is 36.8 Å². The fourth-order valence-corrected chi connectivity index (χ4v) is 2.50. The summed E-state index contributed by atoms with van der Waals surface area (Å²) in [6, 6.07) is 12.2. The monoisotopic (exact) mass is 327 g/mol. The summed E-state index contributed by atoms with van der Waals surface area (Å²) in [6.07, 6.45) is 2.76. The molecule has 5 heteroatoms. The molecule has 2 rings (SSSR count). The maximum absolute atomic E-state index is 10.8. The molecule has 1 amide bonds. The molecular weight excluding hydrogens is 302 g/mol. The lowest BCUT2D eigenvalue weighted by Crippen LogP contribution is -2.30. The van der Waals surface area contributed by atoms with Crippen molar-refractivity contribution in [2.24, 2.45) is 5.73 Å². The Morgan fingerprint density at radius 3 is 2.83 bits per heavy atom. The van der Waals surface area contributed by atoms with E-state index in [4.69, 9.17) is 10.5 Å². The molecule has 2 aromatic rings. The van der Waals surface area contributed by atoms with Gasteiger partial charge in [-0.25, -0.2) is 0 Å². The molecule has 0 radical (unpaired) electrons. The van der Waals surface area contributed by atoms with Gasteiger partial charge in [0.25, 0.3) is 5.91 Å². The summed E-state index contributed by atoms with van der Waals surface area (Å²) in [5, 5.41) is 0. The van der Waals surface area contributed by atoms with E-state index in [0.29, 0.717) is 11.8 Å². The second-order valence-electron chi connectivity index (χ2n) is 6.20. The van der Waals surface area contributed by atoms with Gasteiger partial charge in [0.05, 0.1) is 0 Å². The molecule has 0 aliphatic heterocycles. The van der Waals surface area contributed by atoms with Gasteiger partial charge < -0.3 is 10.5 Å². The summed E-state index contributed by atoms with van der Waals surface area (Å²) < 4.78 is 5.36. The van der Waals surface area contributed by atoms with E-state index in [-0.39, 0.29) is 6.61 Å². The van der Waals surface area contributed by atoms with Gasteiger partial charge in [0.1, 0.15) is 5.75 Å². The van der Waals surface area contributed by atoms with E-state index in [1.165, 1.54) is 5.56 Å². The molecule has 2 N–H and O–H groups in total. The number of rotatable bonds is 8. The van der Waals surface area contributed by atoms with Crippen LogP contribution in [0.2, 0.25) is 0 Å². The second-order valence-corrected chi connectivity index (χ2v) is 6.20. The highest BCUT2D eigenvalue weighted by Gasteiger charge is 2.12. The van der Waals surface area contributed by atoms with Crippen molar-refractivity contribution in [2.75, 3.05) is 13.7 Å². The smallest absolute Gasteiger partial charge is 0.255 e. The van der Waals surface area contributed by atoms with Gasteiger partial charge in [0.2, 0.25) is 0 Å². The predicted molar refractivity (Wildman–Crippen MR) is 94.7 cm³/mol. The van der Waals surface area contributed by atoms with E-state index in [0.717, 1.165) is 24.2 Å². The third kappa shape index (κ3) is 5.66. The first-order valence-corrected chi connectivity index (χ1v) is 8.06. The highest BCUT2D eigenvalue weighted by atomic mass is 16.5. The topological polar surface area (TPSA) is 68.5 Å². The first kappa shape index (κ1) is 17.9. The zero-order valence-corrected chi connectivity index (χ0v) is 14.5. The van der Waals surface area contributed by atoms with Crippen LogP contribution in [-0.2, 0) is 17.8 Å². The summed E-state index contributed by atoms with van der Waals surface area (Å²) in [6.45, 7) is 4.96. The van der Waals surface area contributed by atoms with Crippen molar-refractivity contribution in [1.82, 2.24) is 9.88 Å². The molecule has 1 heterocycles. The van der Waals surface area contributed by atoms with E-state index in [1.807, 2.05) is 36.5 Å². The molecule has 24 heavy (non-hydrogen) atoms. The summed E-state index contributed by atoms with van der Waals surface area (Å²) >= 11 is 0. The van der Waals surface area contributed by atoms with Crippen molar-refractivity contribution in [1.29, 1.82) is 0 Å². The molecule has 0 aliphatic rings. The number of aromatic nitrogens is 1. The lowest BCUT2D eigenvalue weighted by atomic mass is 10.1. The van der Waals surface area contributed by atoms with Gasteiger partial charge in [-0.1, -0.05) is 12.1 Å². The highest BCUT2D eigenvalue weighted by molar-refractivity contribution is 5.75. The molecule has 1 unspecified atom stereocenters. The van der Waals surface area contributed by atoms with Gasteiger partial charge in [-0.3, -0.25) is 14.7 Å². The molecule has 1 aromatic carbocycles. The van der Waals surface area contributed by atoms with Crippen LogP contribution in [0.3, 0.4) is 0 Å². The van der Waals surface area contributed by atoms with Crippen LogP contribution in [0.15, 0.2) is 42.6 Å². The second kappa shape index (κ2) is 8.45. The van der Waals surface area contributed by atoms with Crippen LogP contribution in [0.1, 0.15) is 23.7 Å². The molecular formula is C19H25N3O2. The minimum atomic E-state index is -0.475. The third-order valence-electron chi connectivity index (χ3n) is 3.94. The molecule has 0 saturated heterocycles. The molecule has 1 atom stereocenters. The number of pyridine rings is 1. The van der Waals surface area contributed by atoms with E-state index in [9.17, 15) is 4.79 Å². The SMILES string of the molecule is Cc1ccnc(CC(C)N(C)Cc2cccc(OCC(N)=O)c2)c1. The number of amides is 1. The van der Waals surface area contributed by atoms with Crippen molar-refractivity contribution in [2.45, 2.75) is 32.9 Å². The Morgan fingerprint density at radius 1 is 1.33 bits per heavy atom. The average molecular weight is 327 g/mol. The number of nitrogens with zero attached hydrogens (tertiary/aromatic N) is 2. The first-order valence-electron chi connectivity index (χ1n) is 8.06. The molecule has 5 nitrogen and oxygen atoms in total. The zero-order valence-electron chi connectivity index (χ0n) is 14.5. The van der Waals surface area contributed by atoms with Gasteiger partial charge in [0, 0.05) is 30.9 Å². The molecule has 128 valence electrons. The molecule has 1 aromatic heterocycles. The Balaban J connectivity index is 1.94. The fourth-order valence-electron chi connectivity index (χ4n) is 2.50. The molecule has 0 fully saturated rings. The molecule has 0 aliphatic carbocycles. The standard InChI is InChI=1S/C19H25N3O2/c1-14-7-8-21-17(9-14)10-15(2)22(3)12-16-5-4-6-18(11-16)24-13-19(20)23/h4-9,11,15H,10,12-13H2,1-3H3,(H2,20,23). The molecule has 0 spiro atoms. The summed E-state index contributed by atoms with van der Waals surface area (Å²) in [7, 11) is 2.09. The minimum Gasteiger partial charge on any atom is -0.484 e. The summed E-state index contributed by atoms with van der Waals surface area (Å²) in [5.41, 5.74) is 8.57. The number of benzene rings is 1. The third-order valence-corrected chi connectivity index (χ3v) is 3.94. The number of aryl methyl sites for hydroxylation is 1. The van der Waals surface area contributed by atoms with Gasteiger partial charge in [0.15, 0.2) is 6.61 Å². The van der Waals surface area contributed by atoms with Crippen molar-refractivity contribution in [3.63, 3.8) is 0 Å². The number of carbonyl (C=O) groups excluding carboxylic acids is 1. The number of nitrogens with two attached hydrogens (primary N) is 1. The number of ether oxygens (including phenoxy) is 1. The van der Waals surface area contributed by atoms with Crippen LogP contribution in [0.25, 0.3) is 0 Å². The largest absolute Gasteiger partial charge is 0.484 e. The van der Waals surface area contributed by atoms with Crippen LogP contribution >= 0.6 is 0 Å². The van der Waals surface area contributed by atoms with Gasteiger partial charge >= 0.3 is 0 Å². The Bertz CT molecular complexity index is 688.